The van der Waals surface area contributed by atoms with Gasteiger partial charge < -0.3 is 10.1 Å². The van der Waals surface area contributed by atoms with Gasteiger partial charge in [0.15, 0.2) is 0 Å². The van der Waals surface area contributed by atoms with Crippen LogP contribution in [0.1, 0.15) is 32.6 Å². The Hall–Kier alpha value is -0.170. The molecule has 0 saturated carbocycles. The molecule has 5 nitrogen and oxygen atoms in total. The van der Waals surface area contributed by atoms with Gasteiger partial charge in [-0.3, -0.25) is 0 Å². The molecule has 0 unspecified atom stereocenters. The Bertz CT molecular complexity index is 313. The van der Waals surface area contributed by atoms with E-state index in [0.717, 1.165) is 32.4 Å². The molecule has 108 valence electrons. The van der Waals surface area contributed by atoms with Gasteiger partial charge in [0.05, 0.1) is 5.75 Å². The van der Waals surface area contributed by atoms with E-state index >= 15 is 0 Å². The summed E-state index contributed by atoms with van der Waals surface area (Å²) in [5.41, 5.74) is 0. The van der Waals surface area contributed by atoms with Crippen LogP contribution in [0.25, 0.3) is 0 Å². The normalized spacial score (nSPS) is 18.4. The highest BCUT2D eigenvalue weighted by Gasteiger charge is 2.29. The molecule has 18 heavy (non-hydrogen) atoms. The third-order valence-corrected chi connectivity index (χ3v) is 5.27. The van der Waals surface area contributed by atoms with Crippen LogP contribution in [-0.4, -0.2) is 57.9 Å². The Morgan fingerprint density at radius 3 is 2.56 bits per heavy atom. The van der Waals surface area contributed by atoms with Gasteiger partial charge in [-0.2, -0.15) is 4.31 Å². The molecule has 1 aliphatic heterocycles. The number of nitrogens with zero attached hydrogens (tertiary/aromatic N) is 1. The summed E-state index contributed by atoms with van der Waals surface area (Å²) in [6, 6.07) is 0.179. The van der Waals surface area contributed by atoms with Crippen molar-refractivity contribution in [2.75, 3.05) is 39.1 Å². The van der Waals surface area contributed by atoms with Gasteiger partial charge in [-0.15, -0.1) is 0 Å². The molecule has 0 amide bonds. The molecular formula is C12H26N2O3S. The van der Waals surface area contributed by atoms with Crippen molar-refractivity contribution < 1.29 is 13.2 Å². The third kappa shape index (κ3) is 4.84. The Labute approximate surface area is 111 Å². The summed E-state index contributed by atoms with van der Waals surface area (Å²) in [5.74, 6) is 0.199. The fraction of sp³-hybridized carbons (Fsp3) is 1.00. The van der Waals surface area contributed by atoms with Gasteiger partial charge in [0.25, 0.3) is 0 Å². The van der Waals surface area contributed by atoms with E-state index in [-0.39, 0.29) is 11.8 Å². The minimum Gasteiger partial charge on any atom is -0.385 e. The molecule has 0 radical (unpaired) electrons. The number of rotatable bonds is 8. The van der Waals surface area contributed by atoms with E-state index in [1.54, 1.807) is 11.4 Å². The lowest BCUT2D eigenvalue weighted by molar-refractivity contribution is 0.198. The van der Waals surface area contributed by atoms with E-state index in [2.05, 4.69) is 5.32 Å². The zero-order chi connectivity index (χ0) is 13.4. The molecule has 0 bridgehead atoms. The van der Waals surface area contributed by atoms with E-state index < -0.39 is 10.0 Å². The summed E-state index contributed by atoms with van der Waals surface area (Å²) in [6.07, 6.45) is 3.28. The van der Waals surface area contributed by atoms with Crippen molar-refractivity contribution in [1.29, 1.82) is 0 Å². The number of hydrogen-bond donors (Lipinski definition) is 1. The molecule has 1 fully saturated rings. The molecule has 0 atom stereocenters. The van der Waals surface area contributed by atoms with Crippen LogP contribution < -0.4 is 5.32 Å². The van der Waals surface area contributed by atoms with Crippen LogP contribution in [0.5, 0.6) is 0 Å². The van der Waals surface area contributed by atoms with E-state index in [4.69, 9.17) is 4.74 Å². The number of sulfonamides is 1. The van der Waals surface area contributed by atoms with Crippen LogP contribution in [0.3, 0.4) is 0 Å². The second-order valence-electron chi connectivity index (χ2n) is 4.75. The number of ether oxygens (including phenoxy) is 1. The van der Waals surface area contributed by atoms with Crippen LogP contribution in [0.15, 0.2) is 0 Å². The Morgan fingerprint density at radius 2 is 2.00 bits per heavy atom. The summed E-state index contributed by atoms with van der Waals surface area (Å²) in [5, 5.41) is 3.27. The number of nitrogens with one attached hydrogen (secondary N) is 1. The largest absolute Gasteiger partial charge is 0.385 e. The first kappa shape index (κ1) is 15.9. The molecule has 0 spiro atoms. The Kier molecular flexibility index (Phi) is 7.14. The number of hydrogen-bond acceptors (Lipinski definition) is 4. The predicted molar refractivity (Wildman–Crippen MR) is 73.2 cm³/mol. The first-order valence-electron chi connectivity index (χ1n) is 6.81. The predicted octanol–water partition coefficient (Wildman–Crippen LogP) is 0.817. The van der Waals surface area contributed by atoms with Crippen LogP contribution in [-0.2, 0) is 14.8 Å². The van der Waals surface area contributed by atoms with E-state index in [1.807, 2.05) is 6.92 Å². The van der Waals surface area contributed by atoms with Crippen LogP contribution in [0, 0.1) is 0 Å². The van der Waals surface area contributed by atoms with Gasteiger partial charge in [0.2, 0.25) is 10.0 Å². The standard InChI is InChI=1S/C12H26N2O3S/c1-3-9-14(12-5-7-13-8-6-12)18(15,16)11-4-10-17-2/h12-13H,3-11H2,1-2H3. The lowest BCUT2D eigenvalue weighted by Gasteiger charge is -2.33. The molecule has 0 aromatic rings. The van der Waals surface area contributed by atoms with Crippen LogP contribution in [0.4, 0.5) is 0 Å². The summed E-state index contributed by atoms with van der Waals surface area (Å²) in [4.78, 5) is 0. The van der Waals surface area contributed by atoms with Crippen molar-refractivity contribution in [2.45, 2.75) is 38.6 Å². The zero-order valence-electron chi connectivity index (χ0n) is 11.5. The summed E-state index contributed by atoms with van der Waals surface area (Å²) in [7, 11) is -1.53. The summed E-state index contributed by atoms with van der Waals surface area (Å²) in [6.45, 7) is 5.00. The monoisotopic (exact) mass is 278 g/mol. The minimum absolute atomic E-state index is 0.179. The van der Waals surface area contributed by atoms with Crippen LogP contribution in [0.2, 0.25) is 0 Å². The van der Waals surface area contributed by atoms with Gasteiger partial charge in [0.1, 0.15) is 0 Å². The quantitative estimate of drug-likeness (QED) is 0.668. The number of piperidine rings is 1. The Morgan fingerprint density at radius 1 is 1.33 bits per heavy atom. The zero-order valence-corrected chi connectivity index (χ0v) is 12.3. The average Bonchev–Trinajstić information content (AvgIpc) is 2.37. The molecule has 1 rings (SSSR count). The minimum atomic E-state index is -3.13. The third-order valence-electron chi connectivity index (χ3n) is 3.27. The maximum absolute atomic E-state index is 12.3. The van der Waals surface area contributed by atoms with Crippen molar-refractivity contribution in [1.82, 2.24) is 9.62 Å². The molecular weight excluding hydrogens is 252 g/mol. The lowest BCUT2D eigenvalue weighted by atomic mass is 10.1. The highest BCUT2D eigenvalue weighted by Crippen LogP contribution is 2.17. The average molecular weight is 278 g/mol. The molecule has 0 aromatic heterocycles. The van der Waals surface area contributed by atoms with E-state index in [1.165, 1.54) is 0 Å². The maximum atomic E-state index is 12.3. The Balaban J connectivity index is 2.63. The molecule has 0 aromatic carbocycles. The van der Waals surface area contributed by atoms with Crippen molar-refractivity contribution in [2.24, 2.45) is 0 Å². The van der Waals surface area contributed by atoms with Crippen molar-refractivity contribution >= 4 is 10.0 Å². The fourth-order valence-corrected chi connectivity index (χ4v) is 4.21. The molecule has 1 aliphatic rings. The first-order chi connectivity index (χ1) is 8.61. The van der Waals surface area contributed by atoms with Crippen molar-refractivity contribution in [3.63, 3.8) is 0 Å². The first-order valence-corrected chi connectivity index (χ1v) is 8.42. The summed E-state index contributed by atoms with van der Waals surface area (Å²) >= 11 is 0. The summed E-state index contributed by atoms with van der Waals surface area (Å²) < 4.78 is 31.3. The van der Waals surface area contributed by atoms with Gasteiger partial charge in [0, 0.05) is 26.3 Å². The van der Waals surface area contributed by atoms with Gasteiger partial charge >= 0.3 is 0 Å². The van der Waals surface area contributed by atoms with Gasteiger partial charge in [-0.05, 0) is 38.8 Å². The highest BCUT2D eigenvalue weighted by molar-refractivity contribution is 7.89. The molecule has 1 N–H and O–H groups in total. The number of methoxy groups -OCH3 is 1. The smallest absolute Gasteiger partial charge is 0.214 e. The molecule has 6 heteroatoms. The van der Waals surface area contributed by atoms with Crippen molar-refractivity contribution in [3.8, 4) is 0 Å². The second-order valence-corrected chi connectivity index (χ2v) is 6.80. The van der Waals surface area contributed by atoms with Crippen LogP contribution >= 0.6 is 0 Å². The maximum Gasteiger partial charge on any atom is 0.214 e. The molecule has 1 heterocycles. The molecule has 1 saturated heterocycles. The second kappa shape index (κ2) is 8.09. The van der Waals surface area contributed by atoms with E-state index in [9.17, 15) is 8.42 Å². The van der Waals surface area contributed by atoms with Crippen molar-refractivity contribution in [3.05, 3.63) is 0 Å². The lowest BCUT2D eigenvalue weighted by Crippen LogP contribution is -2.47. The van der Waals surface area contributed by atoms with Gasteiger partial charge in [-0.1, -0.05) is 6.92 Å². The van der Waals surface area contributed by atoms with E-state index in [0.29, 0.717) is 19.6 Å². The fourth-order valence-electron chi connectivity index (χ4n) is 2.37. The SMILES string of the molecule is CCCN(C1CCNCC1)S(=O)(=O)CCCOC. The van der Waals surface area contributed by atoms with Gasteiger partial charge in [-0.25, -0.2) is 8.42 Å². The topological polar surface area (TPSA) is 58.6 Å². The highest BCUT2D eigenvalue weighted by atomic mass is 32.2. The molecule has 0 aliphatic carbocycles.